The van der Waals surface area contributed by atoms with Gasteiger partial charge < -0.3 is 25.6 Å². The van der Waals surface area contributed by atoms with Gasteiger partial charge in [0.15, 0.2) is 0 Å². The van der Waals surface area contributed by atoms with Gasteiger partial charge in [-0.3, -0.25) is 4.79 Å². The van der Waals surface area contributed by atoms with Crippen molar-refractivity contribution in [1.82, 2.24) is 20.2 Å². The zero-order valence-electron chi connectivity index (χ0n) is 16.9. The number of benzene rings is 1. The summed E-state index contributed by atoms with van der Waals surface area (Å²) in [5, 5.41) is 3.31. The van der Waals surface area contributed by atoms with Gasteiger partial charge >= 0.3 is 0 Å². The van der Waals surface area contributed by atoms with Crippen LogP contribution >= 0.6 is 24.8 Å². The van der Waals surface area contributed by atoms with Crippen LogP contribution in [0.4, 0.5) is 11.8 Å². The lowest BCUT2D eigenvalue weighted by atomic mass is 10.1. The summed E-state index contributed by atoms with van der Waals surface area (Å²) in [6.45, 7) is 7.31. The fraction of sp³-hybridized carbons (Fsp3) is 0.450. The molecular weight excluding hydrogens is 427 g/mol. The molecule has 1 amide bonds. The molecule has 0 radical (unpaired) electrons. The van der Waals surface area contributed by atoms with Crippen LogP contribution in [0.5, 0.6) is 0 Å². The second-order valence-corrected chi connectivity index (χ2v) is 7.20. The van der Waals surface area contributed by atoms with Gasteiger partial charge in [0, 0.05) is 56.0 Å². The lowest BCUT2D eigenvalue weighted by molar-refractivity contribution is 0.0656. The van der Waals surface area contributed by atoms with E-state index >= 15 is 0 Å². The molecule has 164 valence electrons. The number of halogens is 2. The van der Waals surface area contributed by atoms with Crippen LogP contribution in [0.15, 0.2) is 30.3 Å². The highest BCUT2D eigenvalue weighted by molar-refractivity contribution is 5.95. The van der Waals surface area contributed by atoms with E-state index in [1.54, 1.807) is 0 Å². The van der Waals surface area contributed by atoms with Crippen molar-refractivity contribution in [3.8, 4) is 11.3 Å². The van der Waals surface area contributed by atoms with Gasteiger partial charge in [0.1, 0.15) is 5.82 Å². The molecule has 30 heavy (non-hydrogen) atoms. The summed E-state index contributed by atoms with van der Waals surface area (Å²) >= 11 is 0. The summed E-state index contributed by atoms with van der Waals surface area (Å²) in [6, 6.07) is 9.69. The van der Waals surface area contributed by atoms with Crippen molar-refractivity contribution in [3.63, 3.8) is 0 Å². The van der Waals surface area contributed by atoms with E-state index in [0.29, 0.717) is 25.3 Å². The smallest absolute Gasteiger partial charge is 0.254 e. The number of nitrogens with one attached hydrogen (secondary N) is 1. The highest BCUT2D eigenvalue weighted by Gasteiger charge is 2.24. The largest absolute Gasteiger partial charge is 0.378 e. The molecule has 8 nitrogen and oxygen atoms in total. The SMILES string of the molecule is CC1CNCCN1C(=O)c1cccc(-c2cc(N3CCOCC3)nc(N)n2)c1.Cl.Cl. The maximum atomic E-state index is 13.0. The van der Waals surface area contributed by atoms with Gasteiger partial charge in [0.25, 0.3) is 5.91 Å². The lowest BCUT2D eigenvalue weighted by Crippen LogP contribution is -2.52. The molecule has 1 aromatic heterocycles. The summed E-state index contributed by atoms with van der Waals surface area (Å²) in [4.78, 5) is 25.8. The van der Waals surface area contributed by atoms with E-state index in [0.717, 1.165) is 43.3 Å². The van der Waals surface area contributed by atoms with E-state index in [2.05, 4.69) is 27.1 Å². The van der Waals surface area contributed by atoms with Crippen LogP contribution in [0.25, 0.3) is 11.3 Å². The molecular formula is C20H28Cl2N6O2. The number of anilines is 2. The lowest BCUT2D eigenvalue weighted by Gasteiger charge is -2.34. The average Bonchev–Trinajstić information content (AvgIpc) is 2.74. The summed E-state index contributed by atoms with van der Waals surface area (Å²) in [5.41, 5.74) is 8.22. The van der Waals surface area contributed by atoms with Crippen LogP contribution < -0.4 is 16.0 Å². The van der Waals surface area contributed by atoms with E-state index in [1.165, 1.54) is 0 Å². The van der Waals surface area contributed by atoms with E-state index in [1.807, 2.05) is 35.2 Å². The quantitative estimate of drug-likeness (QED) is 0.729. The molecule has 4 rings (SSSR count). The molecule has 2 aromatic rings. The predicted molar refractivity (Wildman–Crippen MR) is 123 cm³/mol. The minimum absolute atomic E-state index is 0. The number of morpholine rings is 1. The topological polar surface area (TPSA) is 96.6 Å². The molecule has 2 aliphatic heterocycles. The zero-order valence-corrected chi connectivity index (χ0v) is 18.5. The Labute approximate surface area is 189 Å². The predicted octanol–water partition coefficient (Wildman–Crippen LogP) is 1.84. The standard InChI is InChI=1S/C20H26N6O2.2ClH/c1-14-13-22-5-6-26(14)19(27)16-4-2-3-15(11-16)17-12-18(24-20(21)23-17)25-7-9-28-10-8-25;;/h2-4,11-12,14,22H,5-10,13H2,1H3,(H2,21,23,24);2*1H. The zero-order chi connectivity index (χ0) is 19.5. The summed E-state index contributed by atoms with van der Waals surface area (Å²) in [6.07, 6.45) is 0. The number of aromatic nitrogens is 2. The van der Waals surface area contributed by atoms with Crippen molar-refractivity contribution in [2.24, 2.45) is 0 Å². The second-order valence-electron chi connectivity index (χ2n) is 7.20. The number of piperazine rings is 1. The second kappa shape index (κ2) is 10.8. The van der Waals surface area contributed by atoms with Crippen molar-refractivity contribution in [3.05, 3.63) is 35.9 Å². The normalized spacial score (nSPS) is 18.9. The Kier molecular flexibility index (Phi) is 8.66. The Balaban J connectivity index is 0.00000160. The molecule has 0 saturated carbocycles. The number of ether oxygens (including phenoxy) is 1. The van der Waals surface area contributed by atoms with Crippen LogP contribution in [0.2, 0.25) is 0 Å². The summed E-state index contributed by atoms with van der Waals surface area (Å²) in [7, 11) is 0. The third kappa shape index (κ3) is 5.31. The fourth-order valence-corrected chi connectivity index (χ4v) is 3.68. The van der Waals surface area contributed by atoms with Gasteiger partial charge in [0.05, 0.1) is 18.9 Å². The fourth-order valence-electron chi connectivity index (χ4n) is 3.68. The third-order valence-corrected chi connectivity index (χ3v) is 5.23. The first-order valence-electron chi connectivity index (χ1n) is 9.71. The van der Waals surface area contributed by atoms with Crippen LogP contribution in [-0.4, -0.2) is 72.8 Å². The molecule has 0 aliphatic carbocycles. The summed E-state index contributed by atoms with van der Waals surface area (Å²) in [5.74, 6) is 1.07. The molecule has 2 fully saturated rings. The molecule has 0 bridgehead atoms. The van der Waals surface area contributed by atoms with Gasteiger partial charge in [-0.15, -0.1) is 24.8 Å². The van der Waals surface area contributed by atoms with Crippen LogP contribution in [0, 0.1) is 0 Å². The Morgan fingerprint density at radius 2 is 1.93 bits per heavy atom. The number of nitrogens with two attached hydrogens (primary N) is 1. The van der Waals surface area contributed by atoms with E-state index in [-0.39, 0.29) is 42.7 Å². The first-order chi connectivity index (χ1) is 13.6. The van der Waals surface area contributed by atoms with Crippen LogP contribution in [-0.2, 0) is 4.74 Å². The first kappa shape index (κ1) is 24.1. The molecule has 1 aromatic carbocycles. The minimum atomic E-state index is 0. The number of amides is 1. The Bertz CT molecular complexity index is 863. The Morgan fingerprint density at radius 3 is 2.67 bits per heavy atom. The van der Waals surface area contributed by atoms with Crippen molar-refractivity contribution < 1.29 is 9.53 Å². The van der Waals surface area contributed by atoms with Crippen molar-refractivity contribution in [1.29, 1.82) is 0 Å². The Morgan fingerprint density at radius 1 is 1.17 bits per heavy atom. The van der Waals surface area contributed by atoms with Crippen molar-refractivity contribution >= 4 is 42.5 Å². The molecule has 0 spiro atoms. The summed E-state index contributed by atoms with van der Waals surface area (Å²) < 4.78 is 5.41. The highest BCUT2D eigenvalue weighted by Crippen LogP contribution is 2.25. The Hall–Kier alpha value is -2.13. The van der Waals surface area contributed by atoms with Gasteiger partial charge in [-0.25, -0.2) is 4.98 Å². The molecule has 1 unspecified atom stereocenters. The number of carbonyl (C=O) groups excluding carboxylic acids is 1. The van der Waals surface area contributed by atoms with E-state index < -0.39 is 0 Å². The molecule has 10 heteroatoms. The first-order valence-corrected chi connectivity index (χ1v) is 9.71. The number of hydrogen-bond acceptors (Lipinski definition) is 7. The number of rotatable bonds is 3. The average molecular weight is 455 g/mol. The molecule has 2 aliphatic rings. The number of hydrogen-bond donors (Lipinski definition) is 2. The van der Waals surface area contributed by atoms with Crippen LogP contribution in [0.1, 0.15) is 17.3 Å². The number of carbonyl (C=O) groups is 1. The van der Waals surface area contributed by atoms with Crippen molar-refractivity contribution in [2.45, 2.75) is 13.0 Å². The number of nitrogens with zero attached hydrogens (tertiary/aromatic N) is 4. The number of nitrogen functional groups attached to an aromatic ring is 1. The van der Waals surface area contributed by atoms with Crippen LogP contribution in [0.3, 0.4) is 0 Å². The maximum absolute atomic E-state index is 13.0. The highest BCUT2D eigenvalue weighted by atomic mass is 35.5. The molecule has 3 N–H and O–H groups in total. The third-order valence-electron chi connectivity index (χ3n) is 5.23. The van der Waals surface area contributed by atoms with Crippen molar-refractivity contribution in [2.75, 3.05) is 56.6 Å². The molecule has 3 heterocycles. The minimum Gasteiger partial charge on any atom is -0.378 e. The van der Waals surface area contributed by atoms with Gasteiger partial charge in [0.2, 0.25) is 5.95 Å². The monoisotopic (exact) mass is 454 g/mol. The van der Waals surface area contributed by atoms with Gasteiger partial charge in [-0.05, 0) is 19.1 Å². The van der Waals surface area contributed by atoms with E-state index in [4.69, 9.17) is 10.5 Å². The maximum Gasteiger partial charge on any atom is 0.254 e. The molecule has 1 atom stereocenters. The van der Waals surface area contributed by atoms with Gasteiger partial charge in [-0.2, -0.15) is 4.98 Å². The van der Waals surface area contributed by atoms with E-state index in [9.17, 15) is 4.79 Å². The van der Waals surface area contributed by atoms with Gasteiger partial charge in [-0.1, -0.05) is 12.1 Å². The molecule has 2 saturated heterocycles.